The monoisotopic (exact) mass is 340 g/mol. The quantitative estimate of drug-likeness (QED) is 0.780. The van der Waals surface area contributed by atoms with E-state index in [1.165, 1.54) is 0 Å². The predicted molar refractivity (Wildman–Crippen MR) is 85.3 cm³/mol. The van der Waals surface area contributed by atoms with E-state index in [1.54, 1.807) is 24.3 Å². The van der Waals surface area contributed by atoms with Crippen molar-refractivity contribution < 1.29 is 9.59 Å². The first-order chi connectivity index (χ1) is 9.49. The van der Waals surface area contributed by atoms with E-state index in [1.807, 2.05) is 20.8 Å². The van der Waals surface area contributed by atoms with Crippen LogP contribution in [0.1, 0.15) is 44.0 Å². The van der Waals surface area contributed by atoms with Crippen molar-refractivity contribution >= 4 is 33.4 Å². The van der Waals surface area contributed by atoms with Gasteiger partial charge in [0.2, 0.25) is 5.91 Å². The topological polar surface area (TPSA) is 58.2 Å². The van der Waals surface area contributed by atoms with Crippen molar-refractivity contribution in [3.05, 3.63) is 29.8 Å². The third kappa shape index (κ3) is 4.63. The lowest BCUT2D eigenvalue weighted by atomic mass is 10.1. The highest BCUT2D eigenvalue weighted by Gasteiger charge is 2.17. The molecule has 110 valence electrons. The summed E-state index contributed by atoms with van der Waals surface area (Å²) in [7, 11) is 0. The molecule has 0 aliphatic carbocycles. The third-order valence-electron chi connectivity index (χ3n) is 3.06. The Kier molecular flexibility index (Phi) is 6.71. The van der Waals surface area contributed by atoms with Gasteiger partial charge in [-0.05, 0) is 31.9 Å². The number of nitrogens with one attached hydrogen (secondary N) is 2. The molecule has 5 heteroatoms. The molecule has 0 radical (unpaired) electrons. The molecule has 0 fully saturated rings. The number of hydrogen-bond donors (Lipinski definition) is 2. The Morgan fingerprint density at radius 2 is 1.85 bits per heavy atom. The zero-order valence-electron chi connectivity index (χ0n) is 12.1. The van der Waals surface area contributed by atoms with E-state index >= 15 is 0 Å². The van der Waals surface area contributed by atoms with Gasteiger partial charge >= 0.3 is 0 Å². The largest absolute Gasteiger partial charge is 0.350 e. The van der Waals surface area contributed by atoms with Crippen LogP contribution in [-0.4, -0.2) is 22.7 Å². The lowest BCUT2D eigenvalue weighted by molar-refractivity contribution is -0.115. The van der Waals surface area contributed by atoms with Crippen LogP contribution in [0.15, 0.2) is 24.3 Å². The second-order valence-corrected chi connectivity index (χ2v) is 5.80. The van der Waals surface area contributed by atoms with Gasteiger partial charge in [0.05, 0.1) is 16.1 Å². The molecule has 20 heavy (non-hydrogen) atoms. The van der Waals surface area contributed by atoms with Crippen LogP contribution in [0.2, 0.25) is 0 Å². The lowest BCUT2D eigenvalue weighted by Crippen LogP contribution is -2.33. The van der Waals surface area contributed by atoms with E-state index in [0.717, 1.165) is 6.42 Å². The fourth-order valence-electron chi connectivity index (χ4n) is 1.59. The Hall–Kier alpha value is -1.36. The van der Waals surface area contributed by atoms with Crippen LogP contribution in [0.5, 0.6) is 0 Å². The van der Waals surface area contributed by atoms with Crippen LogP contribution in [0.25, 0.3) is 0 Å². The molecule has 0 aliphatic heterocycles. The number of amides is 2. The van der Waals surface area contributed by atoms with Gasteiger partial charge < -0.3 is 10.6 Å². The number of hydrogen-bond acceptors (Lipinski definition) is 2. The number of para-hydroxylation sites is 1. The molecule has 0 spiro atoms. The fraction of sp³-hybridized carbons (Fsp3) is 0.467. The molecule has 0 saturated heterocycles. The van der Waals surface area contributed by atoms with Gasteiger partial charge in [-0.2, -0.15) is 0 Å². The van der Waals surface area contributed by atoms with Crippen molar-refractivity contribution in [1.29, 1.82) is 0 Å². The van der Waals surface area contributed by atoms with Gasteiger partial charge in [0.15, 0.2) is 0 Å². The minimum Gasteiger partial charge on any atom is -0.350 e. The van der Waals surface area contributed by atoms with Gasteiger partial charge in [-0.25, -0.2) is 0 Å². The van der Waals surface area contributed by atoms with Crippen LogP contribution in [0.4, 0.5) is 5.69 Å². The van der Waals surface area contributed by atoms with Crippen LogP contribution in [0, 0.1) is 0 Å². The van der Waals surface area contributed by atoms with Crippen molar-refractivity contribution in [3.8, 4) is 0 Å². The van der Waals surface area contributed by atoms with E-state index in [9.17, 15) is 9.59 Å². The first-order valence-electron chi connectivity index (χ1n) is 6.84. The molecule has 1 aromatic rings. The minimum absolute atomic E-state index is 0.103. The SMILES string of the molecule is CCC(C)NC(=O)c1ccccc1NC(=O)C(Br)CC. The van der Waals surface area contributed by atoms with Gasteiger partial charge in [-0.3, -0.25) is 9.59 Å². The van der Waals surface area contributed by atoms with Gasteiger partial charge in [0.25, 0.3) is 5.91 Å². The van der Waals surface area contributed by atoms with Gasteiger partial charge in [-0.1, -0.05) is 41.9 Å². The second kappa shape index (κ2) is 8.04. The molecule has 0 heterocycles. The molecule has 0 aliphatic rings. The summed E-state index contributed by atoms with van der Waals surface area (Å²) in [5.41, 5.74) is 1.02. The van der Waals surface area contributed by atoms with E-state index in [-0.39, 0.29) is 22.7 Å². The highest BCUT2D eigenvalue weighted by molar-refractivity contribution is 9.10. The normalized spacial score (nSPS) is 13.4. The van der Waals surface area contributed by atoms with Crippen LogP contribution in [0.3, 0.4) is 0 Å². The third-order valence-corrected chi connectivity index (χ3v) is 4.13. The number of carbonyl (C=O) groups excluding carboxylic acids is 2. The summed E-state index contributed by atoms with van der Waals surface area (Å²) in [5.74, 6) is -0.311. The van der Waals surface area contributed by atoms with Gasteiger partial charge in [0.1, 0.15) is 0 Å². The van der Waals surface area contributed by atoms with E-state index < -0.39 is 0 Å². The molecular formula is C15H21BrN2O2. The summed E-state index contributed by atoms with van der Waals surface area (Å²) in [4.78, 5) is 23.8. The standard InChI is InChI=1S/C15H21BrN2O2/c1-4-10(3)17-14(19)11-8-6-7-9-13(11)18-15(20)12(16)5-2/h6-10,12H,4-5H2,1-3H3,(H,17,19)(H,18,20). The van der Waals surface area contributed by atoms with Gasteiger partial charge in [-0.15, -0.1) is 0 Å². The smallest absolute Gasteiger partial charge is 0.253 e. The maximum Gasteiger partial charge on any atom is 0.253 e. The summed E-state index contributed by atoms with van der Waals surface area (Å²) in [6.45, 7) is 5.88. The van der Waals surface area contributed by atoms with Crippen molar-refractivity contribution in [2.24, 2.45) is 0 Å². The maximum atomic E-state index is 12.2. The zero-order chi connectivity index (χ0) is 15.1. The molecule has 1 aromatic carbocycles. The predicted octanol–water partition coefficient (Wildman–Crippen LogP) is 3.33. The highest BCUT2D eigenvalue weighted by atomic mass is 79.9. The summed E-state index contributed by atoms with van der Waals surface area (Å²) >= 11 is 3.30. The average Bonchev–Trinajstić information content (AvgIpc) is 2.46. The number of anilines is 1. The number of halogens is 1. The summed E-state index contributed by atoms with van der Waals surface area (Å²) in [6, 6.07) is 7.13. The molecule has 0 bridgehead atoms. The zero-order valence-corrected chi connectivity index (χ0v) is 13.7. The molecule has 2 N–H and O–H groups in total. The van der Waals surface area contributed by atoms with E-state index in [4.69, 9.17) is 0 Å². The summed E-state index contributed by atoms with van der Waals surface area (Å²) < 4.78 is 0. The first-order valence-corrected chi connectivity index (χ1v) is 7.75. The molecule has 2 atom stereocenters. The van der Waals surface area contributed by atoms with Crippen LogP contribution >= 0.6 is 15.9 Å². The minimum atomic E-state index is -0.256. The molecule has 0 aromatic heterocycles. The van der Waals surface area contributed by atoms with Crippen molar-refractivity contribution in [3.63, 3.8) is 0 Å². The molecular weight excluding hydrogens is 320 g/mol. The fourth-order valence-corrected chi connectivity index (χ4v) is 1.70. The Labute approximate surface area is 128 Å². The first kappa shape index (κ1) is 16.7. The summed E-state index contributed by atoms with van der Waals surface area (Å²) in [5, 5.41) is 5.69. The number of benzene rings is 1. The Balaban J connectivity index is 2.88. The summed E-state index contributed by atoms with van der Waals surface area (Å²) in [6.07, 6.45) is 1.55. The maximum absolute atomic E-state index is 12.2. The van der Waals surface area contributed by atoms with Crippen LogP contribution in [-0.2, 0) is 4.79 Å². The number of carbonyl (C=O) groups is 2. The molecule has 1 rings (SSSR count). The van der Waals surface area contributed by atoms with Crippen molar-refractivity contribution in [1.82, 2.24) is 5.32 Å². The van der Waals surface area contributed by atoms with Gasteiger partial charge in [0, 0.05) is 6.04 Å². The van der Waals surface area contributed by atoms with Crippen molar-refractivity contribution in [2.75, 3.05) is 5.32 Å². The Morgan fingerprint density at radius 3 is 2.45 bits per heavy atom. The molecule has 4 nitrogen and oxygen atoms in total. The molecule has 2 unspecified atom stereocenters. The highest BCUT2D eigenvalue weighted by Crippen LogP contribution is 2.17. The van der Waals surface area contributed by atoms with Crippen molar-refractivity contribution in [2.45, 2.75) is 44.5 Å². The number of rotatable bonds is 6. The average molecular weight is 341 g/mol. The lowest BCUT2D eigenvalue weighted by Gasteiger charge is -2.15. The number of alkyl halides is 1. The van der Waals surface area contributed by atoms with E-state index in [0.29, 0.717) is 17.7 Å². The molecule has 0 saturated carbocycles. The Morgan fingerprint density at radius 1 is 1.20 bits per heavy atom. The van der Waals surface area contributed by atoms with E-state index in [2.05, 4.69) is 26.6 Å². The second-order valence-electron chi connectivity index (χ2n) is 4.69. The van der Waals surface area contributed by atoms with Crippen LogP contribution < -0.4 is 10.6 Å². The molecule has 2 amide bonds. The Bertz CT molecular complexity index is 477.